The maximum atomic E-state index is 2.12. The van der Waals surface area contributed by atoms with Crippen molar-refractivity contribution < 1.29 is 0 Å². The van der Waals surface area contributed by atoms with Crippen LogP contribution in [0.25, 0.3) is 0 Å². The number of fused-ring (bicyclic) bond motifs is 2. The molecule has 4 saturated carbocycles. The quantitative estimate of drug-likeness (QED) is 0.502. The molecule has 0 nitrogen and oxygen atoms in total. The predicted octanol–water partition coefficient (Wildman–Crippen LogP) is 7.62. The summed E-state index contributed by atoms with van der Waals surface area (Å²) in [5, 5.41) is 0. The Balaban J connectivity index is 0.000000485. The first kappa shape index (κ1) is 17.8. The van der Waals surface area contributed by atoms with Gasteiger partial charge >= 0.3 is 0 Å². The molecule has 4 rings (SSSR count). The molecule has 0 aromatic carbocycles. The predicted molar refractivity (Wildman–Crippen MR) is 102 cm³/mol. The van der Waals surface area contributed by atoms with Crippen LogP contribution in [0.1, 0.15) is 110 Å². The minimum absolute atomic E-state index is 1.13. The molecule has 0 heterocycles. The zero-order valence-electron chi connectivity index (χ0n) is 16.1. The van der Waals surface area contributed by atoms with Crippen molar-refractivity contribution in [1.29, 1.82) is 0 Å². The van der Waals surface area contributed by atoms with E-state index in [1.165, 1.54) is 6.42 Å². The van der Waals surface area contributed by atoms with Gasteiger partial charge in [0.1, 0.15) is 0 Å². The largest absolute Gasteiger partial charge is 0.0656 e. The van der Waals surface area contributed by atoms with Crippen LogP contribution in [-0.2, 0) is 0 Å². The van der Waals surface area contributed by atoms with Gasteiger partial charge in [0.25, 0.3) is 0 Å². The first-order valence-corrected chi connectivity index (χ1v) is 11.3. The molecule has 0 aromatic heterocycles. The molecule has 134 valence electrons. The van der Waals surface area contributed by atoms with Gasteiger partial charge in [-0.2, -0.15) is 0 Å². The molecule has 0 heteroatoms. The summed E-state index contributed by atoms with van der Waals surface area (Å²) in [5.41, 5.74) is 0. The lowest BCUT2D eigenvalue weighted by atomic mass is 9.82. The summed E-state index contributed by atoms with van der Waals surface area (Å²) < 4.78 is 0. The van der Waals surface area contributed by atoms with Crippen molar-refractivity contribution in [3.05, 3.63) is 0 Å². The molecule has 4 aliphatic carbocycles. The molecular formula is C23H42. The van der Waals surface area contributed by atoms with E-state index in [4.69, 9.17) is 0 Å². The fourth-order valence-electron chi connectivity index (χ4n) is 6.66. The average molecular weight is 319 g/mol. The van der Waals surface area contributed by atoms with Crippen molar-refractivity contribution in [2.75, 3.05) is 0 Å². The monoisotopic (exact) mass is 318 g/mol. The zero-order chi connectivity index (χ0) is 16.1. The molecule has 4 atom stereocenters. The Morgan fingerprint density at radius 2 is 0.783 bits per heavy atom. The van der Waals surface area contributed by atoms with E-state index in [2.05, 4.69) is 13.8 Å². The van der Waals surface area contributed by atoms with Crippen LogP contribution < -0.4 is 0 Å². The Labute approximate surface area is 146 Å². The van der Waals surface area contributed by atoms with Crippen molar-refractivity contribution >= 4 is 0 Å². The van der Waals surface area contributed by atoms with E-state index in [9.17, 15) is 0 Å². The van der Waals surface area contributed by atoms with E-state index in [0.29, 0.717) is 0 Å². The lowest BCUT2D eigenvalue weighted by Crippen LogP contribution is -2.12. The highest BCUT2D eigenvalue weighted by atomic mass is 14.4. The minimum Gasteiger partial charge on any atom is -0.0656 e. The van der Waals surface area contributed by atoms with Gasteiger partial charge in [-0.15, -0.1) is 0 Å². The first-order valence-electron chi connectivity index (χ1n) is 11.3. The van der Waals surface area contributed by atoms with Crippen molar-refractivity contribution in [2.24, 2.45) is 35.5 Å². The number of hydrogen-bond acceptors (Lipinski definition) is 0. The van der Waals surface area contributed by atoms with Gasteiger partial charge < -0.3 is 0 Å². The Hall–Kier alpha value is 0. The summed E-state index contributed by atoms with van der Waals surface area (Å²) in [6.07, 6.45) is 23.4. The topological polar surface area (TPSA) is 0 Å². The first-order chi connectivity index (χ1) is 11.3. The van der Waals surface area contributed by atoms with E-state index < -0.39 is 0 Å². The van der Waals surface area contributed by atoms with E-state index in [-0.39, 0.29) is 0 Å². The summed E-state index contributed by atoms with van der Waals surface area (Å²) in [4.78, 5) is 0. The molecule has 0 N–H and O–H groups in total. The van der Waals surface area contributed by atoms with Crippen LogP contribution in [0.4, 0.5) is 0 Å². The van der Waals surface area contributed by atoms with Crippen molar-refractivity contribution in [3.63, 3.8) is 0 Å². The third kappa shape index (κ3) is 4.76. The SMILES string of the molecule is C1CCC2CC(CCC3CC4CCCCC4C3)CC2C1.CCC. The molecule has 0 saturated heterocycles. The van der Waals surface area contributed by atoms with E-state index in [1.54, 1.807) is 89.9 Å². The Kier molecular flexibility index (Phi) is 6.90. The van der Waals surface area contributed by atoms with E-state index in [0.717, 1.165) is 35.5 Å². The van der Waals surface area contributed by atoms with Gasteiger partial charge in [-0.3, -0.25) is 0 Å². The normalized spacial score (nSPS) is 42.5. The van der Waals surface area contributed by atoms with Crippen LogP contribution in [0.2, 0.25) is 0 Å². The molecule has 4 unspecified atom stereocenters. The lowest BCUT2D eigenvalue weighted by molar-refractivity contribution is 0.277. The van der Waals surface area contributed by atoms with Gasteiger partial charge in [0.15, 0.2) is 0 Å². The average Bonchev–Trinajstić information content (AvgIpc) is 3.16. The Morgan fingerprint density at radius 1 is 0.522 bits per heavy atom. The van der Waals surface area contributed by atoms with E-state index >= 15 is 0 Å². The molecule has 0 aromatic rings. The van der Waals surface area contributed by atoms with E-state index in [1.807, 2.05) is 0 Å². The lowest BCUT2D eigenvalue weighted by Gasteiger charge is -2.24. The van der Waals surface area contributed by atoms with Gasteiger partial charge in [0.2, 0.25) is 0 Å². The molecule has 0 radical (unpaired) electrons. The van der Waals surface area contributed by atoms with Crippen LogP contribution in [0.3, 0.4) is 0 Å². The fraction of sp³-hybridized carbons (Fsp3) is 1.00. The third-order valence-electron chi connectivity index (χ3n) is 7.66. The third-order valence-corrected chi connectivity index (χ3v) is 7.66. The number of rotatable bonds is 3. The number of hydrogen-bond donors (Lipinski definition) is 0. The van der Waals surface area contributed by atoms with Crippen LogP contribution in [0.15, 0.2) is 0 Å². The summed E-state index contributed by atoms with van der Waals surface area (Å²) in [7, 11) is 0. The molecule has 0 amide bonds. The van der Waals surface area contributed by atoms with Gasteiger partial charge in [-0.1, -0.05) is 84.5 Å². The highest BCUT2D eigenvalue weighted by Gasteiger charge is 2.38. The van der Waals surface area contributed by atoms with Gasteiger partial charge in [0, 0.05) is 0 Å². The van der Waals surface area contributed by atoms with Crippen LogP contribution >= 0.6 is 0 Å². The summed E-state index contributed by atoms with van der Waals surface area (Å²) in [6.45, 7) is 4.25. The van der Waals surface area contributed by atoms with Crippen molar-refractivity contribution in [1.82, 2.24) is 0 Å². The Morgan fingerprint density at radius 3 is 1.04 bits per heavy atom. The second-order valence-corrected chi connectivity index (χ2v) is 9.57. The van der Waals surface area contributed by atoms with Crippen LogP contribution in [-0.4, -0.2) is 0 Å². The van der Waals surface area contributed by atoms with Crippen molar-refractivity contribution in [2.45, 2.75) is 110 Å². The second kappa shape index (κ2) is 8.91. The highest BCUT2D eigenvalue weighted by molar-refractivity contribution is 4.89. The smallest absolute Gasteiger partial charge is 0.0383 e. The molecule has 4 aliphatic rings. The second-order valence-electron chi connectivity index (χ2n) is 9.57. The molecule has 23 heavy (non-hydrogen) atoms. The maximum Gasteiger partial charge on any atom is -0.0383 e. The summed E-state index contributed by atoms with van der Waals surface area (Å²) in [5.74, 6) is 6.87. The maximum absolute atomic E-state index is 2.12. The van der Waals surface area contributed by atoms with Gasteiger partial charge in [-0.05, 0) is 61.2 Å². The minimum atomic E-state index is 1.13. The summed E-state index contributed by atoms with van der Waals surface area (Å²) >= 11 is 0. The summed E-state index contributed by atoms with van der Waals surface area (Å²) in [6, 6.07) is 0. The van der Waals surface area contributed by atoms with Crippen molar-refractivity contribution in [3.8, 4) is 0 Å². The molecule has 0 spiro atoms. The molecule has 0 bridgehead atoms. The molecule has 0 aliphatic heterocycles. The fourth-order valence-corrected chi connectivity index (χ4v) is 6.66. The standard InChI is InChI=1S/C20H34.C3H8/c1-2-6-18-12-15(11-17(18)5-1)9-10-16-13-19-7-3-4-8-20(19)14-16;1-3-2/h15-20H,1-14H2;3H2,1-2H3. The van der Waals surface area contributed by atoms with Gasteiger partial charge in [0.05, 0.1) is 0 Å². The zero-order valence-corrected chi connectivity index (χ0v) is 16.1. The van der Waals surface area contributed by atoms with Gasteiger partial charge in [-0.25, -0.2) is 0 Å². The molecule has 4 fully saturated rings. The molecular weight excluding hydrogens is 276 g/mol. The van der Waals surface area contributed by atoms with Crippen LogP contribution in [0.5, 0.6) is 0 Å². The highest BCUT2D eigenvalue weighted by Crippen LogP contribution is 2.49. The van der Waals surface area contributed by atoms with Crippen LogP contribution in [0, 0.1) is 35.5 Å². The Bertz CT molecular complexity index is 273.